The van der Waals surface area contributed by atoms with Crippen molar-refractivity contribution in [2.75, 3.05) is 42.7 Å². The number of methoxy groups -OCH3 is 6. The molecule has 0 saturated carbocycles. The molecule has 3 aromatic rings. The molecule has 0 radical (unpaired) electrons. The van der Waals surface area contributed by atoms with Crippen molar-refractivity contribution in [3.05, 3.63) is 177 Å². The highest BCUT2D eigenvalue weighted by atomic mass is 16.5. The van der Waals surface area contributed by atoms with Crippen molar-refractivity contribution in [1.29, 1.82) is 0 Å². The standard InChI is InChI=1S/C26H29NO4.C19H22O5.2C19H38O.2C17H34O/c1-17(2)12-20(28)13-18(3)10-11-21-24(31-4)14-22-23(25(21)29)16-27(26(22)30)15-19-8-6-5-7-9-19;1-11(2)7-13(20)8-12(3)5-6-14-17(23-4)9-15-16(18(14)21)10-24-19(15)22;2*1-4-5-6-7-8-9-10-11-12-13-14-15-16-17-18-19(2)20-3;2*1-4-5-6-7-8-9-10-11-12-13-14-15-16-17(2)18-3/h5-10,12,14,29H,11,13,15-16H2,1-4H3;5,7,9,21H,6,8,10H2,1-4H3;2*2,4-18H2,1,3H3;2*2,4-16H2,1,3H3/b18-10+;12-5+;;;;. The Morgan fingerprint density at radius 1 is 0.374 bits per heavy atom. The van der Waals surface area contributed by atoms with E-state index in [0.717, 1.165) is 76.6 Å². The molecule has 746 valence electrons. The van der Waals surface area contributed by atoms with Gasteiger partial charge in [0.25, 0.3) is 5.91 Å². The van der Waals surface area contributed by atoms with Crippen LogP contribution in [0.15, 0.2) is 138 Å². The van der Waals surface area contributed by atoms with Crippen molar-refractivity contribution in [3.63, 3.8) is 0 Å². The normalized spacial score (nSPS) is 11.7. The molecule has 2 N–H and O–H groups in total. The number of phenols is 2. The molecule has 0 atom stereocenters. The second-order valence-corrected chi connectivity index (χ2v) is 37.3. The van der Waals surface area contributed by atoms with Crippen LogP contribution in [0.3, 0.4) is 0 Å². The van der Waals surface area contributed by atoms with Crippen molar-refractivity contribution in [2.45, 2.75) is 474 Å². The zero-order valence-corrected chi connectivity index (χ0v) is 87.1. The number of hydrogen-bond donors (Lipinski definition) is 2. The lowest BCUT2D eigenvalue weighted by Gasteiger charge is -2.15. The van der Waals surface area contributed by atoms with E-state index in [4.69, 9.17) is 33.2 Å². The van der Waals surface area contributed by atoms with E-state index >= 15 is 0 Å². The van der Waals surface area contributed by atoms with Crippen LogP contribution >= 0.6 is 0 Å². The van der Waals surface area contributed by atoms with E-state index in [1.807, 2.05) is 84.0 Å². The number of nitrogens with zero attached hydrogens (tertiary/aromatic N) is 1. The Bertz CT molecular complexity index is 3520. The quantitative estimate of drug-likeness (QED) is 0.0180. The predicted octanol–water partition coefficient (Wildman–Crippen LogP) is 35.0. The molecule has 2 aliphatic heterocycles. The maximum absolute atomic E-state index is 12.9. The second kappa shape index (κ2) is 85.2. The van der Waals surface area contributed by atoms with Gasteiger partial charge in [-0.1, -0.05) is 427 Å². The van der Waals surface area contributed by atoms with Gasteiger partial charge >= 0.3 is 5.97 Å². The largest absolute Gasteiger partial charge is 0.507 e. The van der Waals surface area contributed by atoms with Crippen LogP contribution in [0, 0.1) is 0 Å². The van der Waals surface area contributed by atoms with Crippen LogP contribution < -0.4 is 9.47 Å². The van der Waals surface area contributed by atoms with Gasteiger partial charge in [-0.3, -0.25) is 14.4 Å². The first-order valence-electron chi connectivity index (χ1n) is 52.2. The fourth-order valence-electron chi connectivity index (χ4n) is 16.2. The Hall–Kier alpha value is -7.74. The van der Waals surface area contributed by atoms with Gasteiger partial charge in [0.15, 0.2) is 11.6 Å². The molecule has 0 saturated heterocycles. The number of unbranched alkanes of at least 4 members (excludes halogenated alkanes) is 48. The van der Waals surface area contributed by atoms with Crippen LogP contribution in [0.1, 0.15) is 490 Å². The summed E-state index contributed by atoms with van der Waals surface area (Å²) in [4.78, 5) is 50.1. The molecule has 131 heavy (non-hydrogen) atoms. The lowest BCUT2D eigenvalue weighted by molar-refractivity contribution is -0.114. The first-order valence-corrected chi connectivity index (χ1v) is 52.2. The van der Waals surface area contributed by atoms with E-state index in [-0.39, 0.29) is 35.6 Å². The number of ether oxygens (including phenoxy) is 7. The van der Waals surface area contributed by atoms with Crippen LogP contribution in [0.4, 0.5) is 0 Å². The zero-order chi connectivity index (χ0) is 97.1. The molecule has 0 spiro atoms. The van der Waals surface area contributed by atoms with Crippen LogP contribution in [-0.2, 0) is 65.8 Å². The Kier molecular flexibility index (Phi) is 80.2. The van der Waals surface area contributed by atoms with Gasteiger partial charge < -0.3 is 48.3 Å². The summed E-state index contributed by atoms with van der Waals surface area (Å²) in [7, 11) is 9.87. The number of rotatable bonds is 74. The lowest BCUT2D eigenvalue weighted by Crippen LogP contribution is -2.23. The smallest absolute Gasteiger partial charge is 0.339 e. The molecule has 1 amide bonds. The molecule has 3 aromatic carbocycles. The van der Waals surface area contributed by atoms with Gasteiger partial charge in [-0.25, -0.2) is 4.79 Å². The van der Waals surface area contributed by atoms with Crippen molar-refractivity contribution in [3.8, 4) is 23.0 Å². The van der Waals surface area contributed by atoms with E-state index in [1.165, 1.54) is 348 Å². The number of allylic oxidation sites excluding steroid dienone is 12. The number of ketones is 2. The highest BCUT2D eigenvalue weighted by Gasteiger charge is 2.33. The zero-order valence-electron chi connectivity index (χ0n) is 87.1. The first-order chi connectivity index (χ1) is 63.4. The molecule has 0 unspecified atom stereocenters. The average Bonchev–Trinajstić information content (AvgIpc) is 1.63. The molecule has 2 aliphatic rings. The Morgan fingerprint density at radius 2 is 0.634 bits per heavy atom. The van der Waals surface area contributed by atoms with Crippen LogP contribution in [0.5, 0.6) is 23.0 Å². The molecule has 0 aromatic heterocycles. The SMILES string of the molecule is C=C(CCCCCCCCCCCCCC)OC.C=C(CCCCCCCCCCCCCC)OC.C=C(CCCCCCCCCCCCCCCC)OC.C=C(CCCCCCCCCCCCCCCC)OC.COc1cc2c(c(O)c1C/C=C(\C)CC(=O)C=C(C)C)CN(Cc1ccccc1)C2=O.COc1cc2c(c(O)c1C/C=C(\C)CC(=O)C=C(C)C)COC2=O. The van der Waals surface area contributed by atoms with Gasteiger partial charge in [-0.05, 0) is 110 Å². The second-order valence-electron chi connectivity index (χ2n) is 37.3. The summed E-state index contributed by atoms with van der Waals surface area (Å²) in [6.45, 7) is 36.7. The third kappa shape index (κ3) is 66.3. The van der Waals surface area contributed by atoms with Crippen molar-refractivity contribution >= 4 is 23.4 Å². The minimum Gasteiger partial charge on any atom is -0.507 e. The number of amides is 1. The van der Waals surface area contributed by atoms with E-state index < -0.39 is 5.97 Å². The molecule has 0 fully saturated rings. The summed E-state index contributed by atoms with van der Waals surface area (Å²) < 4.78 is 36.0. The summed E-state index contributed by atoms with van der Waals surface area (Å²) in [6.07, 6.45) is 85.9. The van der Waals surface area contributed by atoms with Gasteiger partial charge in [0, 0.05) is 67.3 Å². The number of aromatic hydroxyl groups is 2. The Morgan fingerprint density at radius 3 is 0.893 bits per heavy atom. The Balaban J connectivity index is 0.00000157. The third-order valence-corrected chi connectivity index (χ3v) is 24.5. The molecular weight excluding hydrogens is 1630 g/mol. The molecular formula is C117H195NO13. The van der Waals surface area contributed by atoms with Crippen LogP contribution in [0.25, 0.3) is 0 Å². The number of benzene rings is 3. The molecule has 0 aliphatic carbocycles. The molecule has 2 heterocycles. The molecule has 5 rings (SSSR count). The maximum atomic E-state index is 12.9. The lowest BCUT2D eigenvalue weighted by atomic mass is 9.99. The molecule has 0 bridgehead atoms. The van der Waals surface area contributed by atoms with E-state index in [9.17, 15) is 29.4 Å². The Labute approximate surface area is 803 Å². The third-order valence-electron chi connectivity index (χ3n) is 24.5. The van der Waals surface area contributed by atoms with Gasteiger partial charge in [0.1, 0.15) is 29.6 Å². The molecule has 14 heteroatoms. The number of carbonyl (C=O) groups is 4. The van der Waals surface area contributed by atoms with Gasteiger partial charge in [-0.15, -0.1) is 0 Å². The number of phenolic OH excluding ortho intramolecular Hbond substituents is 2. The minimum absolute atomic E-state index is 0.0230. The van der Waals surface area contributed by atoms with Gasteiger partial charge in [-0.2, -0.15) is 0 Å². The fourth-order valence-corrected chi connectivity index (χ4v) is 16.2. The van der Waals surface area contributed by atoms with Crippen molar-refractivity contribution in [1.82, 2.24) is 4.90 Å². The van der Waals surface area contributed by atoms with Gasteiger partial charge in [0.05, 0.1) is 83.4 Å². The maximum Gasteiger partial charge on any atom is 0.339 e. The number of cyclic esters (lactones) is 1. The van der Waals surface area contributed by atoms with Crippen LogP contribution in [0.2, 0.25) is 0 Å². The predicted molar refractivity (Wildman–Crippen MR) is 557 cm³/mol. The number of hydrogen-bond acceptors (Lipinski definition) is 13. The highest BCUT2D eigenvalue weighted by molar-refractivity contribution is 6.00. The monoisotopic (exact) mass is 1820 g/mol. The molecule has 14 nitrogen and oxygen atoms in total. The summed E-state index contributed by atoms with van der Waals surface area (Å²) in [5, 5.41) is 21.4. The summed E-state index contributed by atoms with van der Waals surface area (Å²) >= 11 is 0. The van der Waals surface area contributed by atoms with Crippen molar-refractivity contribution < 1.29 is 62.5 Å². The first kappa shape index (κ1) is 123. The van der Waals surface area contributed by atoms with Crippen molar-refractivity contribution in [2.24, 2.45) is 0 Å². The fraction of sp³-hybridized carbons (Fsp3) is 0.675. The highest BCUT2D eigenvalue weighted by Crippen LogP contribution is 2.42. The summed E-state index contributed by atoms with van der Waals surface area (Å²) in [6, 6.07) is 13.1. The summed E-state index contributed by atoms with van der Waals surface area (Å²) in [5.41, 5.74) is 7.96. The minimum atomic E-state index is -0.454. The van der Waals surface area contributed by atoms with E-state index in [0.29, 0.717) is 83.7 Å². The topological polar surface area (TPSA) is 177 Å². The number of fused-ring (bicyclic) bond motifs is 2. The van der Waals surface area contributed by atoms with Gasteiger partial charge in [0.2, 0.25) is 0 Å². The van der Waals surface area contributed by atoms with E-state index in [2.05, 4.69) is 54.0 Å². The number of carbonyl (C=O) groups excluding carboxylic acids is 4. The van der Waals surface area contributed by atoms with Crippen LogP contribution in [-0.4, -0.2) is 81.2 Å². The summed E-state index contributed by atoms with van der Waals surface area (Å²) in [5.74, 6) is 4.30. The van der Waals surface area contributed by atoms with E-state index in [1.54, 1.807) is 57.6 Å². The average molecular weight is 1820 g/mol. The number of esters is 1.